The molecule has 21 heavy (non-hydrogen) atoms. The van der Waals surface area contributed by atoms with Crippen LogP contribution in [0.4, 0.5) is 0 Å². The second-order valence-corrected chi connectivity index (χ2v) is 6.64. The van der Waals surface area contributed by atoms with Crippen molar-refractivity contribution < 1.29 is 13.2 Å². The summed E-state index contributed by atoms with van der Waals surface area (Å²) in [6.45, 7) is 0.762. The summed E-state index contributed by atoms with van der Waals surface area (Å²) in [6, 6.07) is 5.41. The van der Waals surface area contributed by atoms with Crippen molar-refractivity contribution in [1.82, 2.24) is 9.29 Å². The minimum atomic E-state index is -3.43. The molecule has 0 saturated heterocycles. The molecule has 1 aromatic rings. The van der Waals surface area contributed by atoms with Gasteiger partial charge in [0.2, 0.25) is 10.0 Å². The summed E-state index contributed by atoms with van der Waals surface area (Å²) in [5, 5.41) is 7.22. The number of sulfonamides is 1. The van der Waals surface area contributed by atoms with Crippen molar-refractivity contribution >= 4 is 15.9 Å². The van der Waals surface area contributed by atoms with E-state index in [1.165, 1.54) is 11.4 Å². The number of amidine groups is 1. The first-order valence-electron chi connectivity index (χ1n) is 6.65. The SMILES string of the molecule is COCCN(CCC(=N)N)S(=O)(=O)CCc1ccccn1. The van der Waals surface area contributed by atoms with Gasteiger partial charge in [-0.1, -0.05) is 6.07 Å². The maximum atomic E-state index is 12.4. The number of aromatic nitrogens is 1. The van der Waals surface area contributed by atoms with Crippen LogP contribution >= 0.6 is 0 Å². The summed E-state index contributed by atoms with van der Waals surface area (Å²) < 4.78 is 31.0. The van der Waals surface area contributed by atoms with E-state index < -0.39 is 10.0 Å². The van der Waals surface area contributed by atoms with Crippen molar-refractivity contribution in [3.05, 3.63) is 30.1 Å². The fraction of sp³-hybridized carbons (Fsp3) is 0.538. The highest BCUT2D eigenvalue weighted by atomic mass is 32.2. The summed E-state index contributed by atoms with van der Waals surface area (Å²) in [4.78, 5) is 4.12. The van der Waals surface area contributed by atoms with Gasteiger partial charge in [-0.3, -0.25) is 10.4 Å². The van der Waals surface area contributed by atoms with Crippen LogP contribution in [0.1, 0.15) is 12.1 Å². The van der Waals surface area contributed by atoms with Crippen LogP contribution in [0.3, 0.4) is 0 Å². The van der Waals surface area contributed by atoms with Crippen molar-refractivity contribution in [2.75, 3.05) is 32.6 Å². The van der Waals surface area contributed by atoms with Crippen molar-refractivity contribution in [2.24, 2.45) is 5.73 Å². The highest BCUT2D eigenvalue weighted by molar-refractivity contribution is 7.89. The van der Waals surface area contributed by atoms with E-state index >= 15 is 0 Å². The smallest absolute Gasteiger partial charge is 0.214 e. The van der Waals surface area contributed by atoms with Crippen molar-refractivity contribution in [1.29, 1.82) is 5.41 Å². The topological polar surface area (TPSA) is 109 Å². The molecular weight excluding hydrogens is 292 g/mol. The van der Waals surface area contributed by atoms with Gasteiger partial charge in [-0.2, -0.15) is 4.31 Å². The second kappa shape index (κ2) is 8.71. The molecule has 0 amide bonds. The van der Waals surface area contributed by atoms with Crippen LogP contribution in [0, 0.1) is 5.41 Å². The van der Waals surface area contributed by atoms with Gasteiger partial charge >= 0.3 is 0 Å². The maximum absolute atomic E-state index is 12.4. The Hall–Kier alpha value is -1.51. The predicted molar refractivity (Wildman–Crippen MR) is 81.7 cm³/mol. The number of nitrogens with zero attached hydrogens (tertiary/aromatic N) is 2. The monoisotopic (exact) mass is 314 g/mol. The Bertz CT molecular complexity index is 534. The zero-order valence-corrected chi connectivity index (χ0v) is 13.0. The molecule has 118 valence electrons. The highest BCUT2D eigenvalue weighted by Gasteiger charge is 2.21. The lowest BCUT2D eigenvalue weighted by Crippen LogP contribution is -2.38. The molecule has 1 heterocycles. The first-order valence-corrected chi connectivity index (χ1v) is 8.26. The molecule has 0 aliphatic carbocycles. The molecule has 0 fully saturated rings. The molecule has 0 bridgehead atoms. The average Bonchev–Trinajstić information content (AvgIpc) is 2.46. The van der Waals surface area contributed by atoms with Crippen LogP contribution < -0.4 is 5.73 Å². The molecule has 0 atom stereocenters. The van der Waals surface area contributed by atoms with E-state index in [2.05, 4.69) is 4.98 Å². The van der Waals surface area contributed by atoms with Gasteiger partial charge in [-0.05, 0) is 12.1 Å². The standard InChI is InChI=1S/C13H22N4O3S/c1-20-10-9-17(8-5-13(14)15)21(18,19)11-6-12-4-2-3-7-16-12/h2-4,7H,5-6,8-11H2,1H3,(H3,14,15). The van der Waals surface area contributed by atoms with Gasteiger partial charge in [0, 0.05) is 44.9 Å². The van der Waals surface area contributed by atoms with E-state index in [1.54, 1.807) is 18.3 Å². The van der Waals surface area contributed by atoms with Gasteiger partial charge in [0.15, 0.2) is 0 Å². The van der Waals surface area contributed by atoms with Crippen LogP contribution in [0.15, 0.2) is 24.4 Å². The molecule has 0 aliphatic heterocycles. The molecule has 0 unspecified atom stereocenters. The summed E-state index contributed by atoms with van der Waals surface area (Å²) in [6.07, 6.45) is 2.21. The summed E-state index contributed by atoms with van der Waals surface area (Å²) >= 11 is 0. The number of nitrogens with one attached hydrogen (secondary N) is 1. The molecule has 0 aliphatic rings. The Labute approximate surface area is 125 Å². The van der Waals surface area contributed by atoms with E-state index in [1.807, 2.05) is 6.07 Å². The molecule has 0 aromatic carbocycles. The van der Waals surface area contributed by atoms with E-state index in [0.717, 1.165) is 5.69 Å². The fourth-order valence-corrected chi connectivity index (χ4v) is 3.18. The van der Waals surface area contributed by atoms with Gasteiger partial charge in [-0.15, -0.1) is 0 Å². The minimum Gasteiger partial charge on any atom is -0.388 e. The number of hydrogen-bond donors (Lipinski definition) is 2. The molecule has 3 N–H and O–H groups in total. The Balaban J connectivity index is 2.66. The third-order valence-electron chi connectivity index (χ3n) is 2.91. The number of aryl methyl sites for hydroxylation is 1. The van der Waals surface area contributed by atoms with Crippen molar-refractivity contribution in [3.8, 4) is 0 Å². The van der Waals surface area contributed by atoms with Gasteiger partial charge in [0.05, 0.1) is 18.2 Å². The van der Waals surface area contributed by atoms with E-state index in [-0.39, 0.29) is 31.1 Å². The van der Waals surface area contributed by atoms with Crippen LogP contribution in [0.2, 0.25) is 0 Å². The number of rotatable bonds is 10. The summed E-state index contributed by atoms with van der Waals surface area (Å²) in [7, 11) is -1.91. The molecular formula is C13H22N4O3S. The van der Waals surface area contributed by atoms with E-state index in [0.29, 0.717) is 13.0 Å². The number of methoxy groups -OCH3 is 1. The minimum absolute atomic E-state index is 0.0222. The number of ether oxygens (including phenoxy) is 1. The van der Waals surface area contributed by atoms with Gasteiger partial charge < -0.3 is 10.5 Å². The van der Waals surface area contributed by atoms with Crippen LogP contribution in [0.5, 0.6) is 0 Å². The Morgan fingerprint density at radius 2 is 2.19 bits per heavy atom. The Kier molecular flexibility index (Phi) is 7.27. The van der Waals surface area contributed by atoms with Gasteiger partial charge in [0.1, 0.15) is 0 Å². The molecule has 0 spiro atoms. The normalized spacial score (nSPS) is 11.7. The Morgan fingerprint density at radius 3 is 2.76 bits per heavy atom. The Morgan fingerprint density at radius 1 is 1.43 bits per heavy atom. The third kappa shape index (κ3) is 6.65. The fourth-order valence-electron chi connectivity index (χ4n) is 1.74. The second-order valence-electron chi connectivity index (χ2n) is 4.55. The molecule has 7 nitrogen and oxygen atoms in total. The van der Waals surface area contributed by atoms with Gasteiger partial charge in [0.25, 0.3) is 0 Å². The maximum Gasteiger partial charge on any atom is 0.214 e. The molecule has 0 saturated carbocycles. The number of pyridine rings is 1. The van der Waals surface area contributed by atoms with E-state index in [9.17, 15) is 8.42 Å². The summed E-state index contributed by atoms with van der Waals surface area (Å²) in [5.74, 6) is -0.0524. The first-order chi connectivity index (χ1) is 9.95. The summed E-state index contributed by atoms with van der Waals surface area (Å²) in [5.41, 5.74) is 6.03. The van der Waals surface area contributed by atoms with E-state index in [4.69, 9.17) is 15.9 Å². The third-order valence-corrected chi connectivity index (χ3v) is 4.78. The quantitative estimate of drug-likeness (QED) is 0.474. The van der Waals surface area contributed by atoms with Crippen molar-refractivity contribution in [2.45, 2.75) is 12.8 Å². The lowest BCUT2D eigenvalue weighted by Gasteiger charge is -2.21. The van der Waals surface area contributed by atoms with Crippen LogP contribution in [0.25, 0.3) is 0 Å². The molecule has 8 heteroatoms. The number of nitrogens with two attached hydrogens (primary N) is 1. The first kappa shape index (κ1) is 17.5. The lowest BCUT2D eigenvalue weighted by molar-refractivity contribution is 0.179. The largest absolute Gasteiger partial charge is 0.388 e. The number of hydrogen-bond acceptors (Lipinski definition) is 5. The highest BCUT2D eigenvalue weighted by Crippen LogP contribution is 2.06. The van der Waals surface area contributed by atoms with Crippen LogP contribution in [-0.4, -0.2) is 56.1 Å². The van der Waals surface area contributed by atoms with Crippen LogP contribution in [-0.2, 0) is 21.2 Å². The lowest BCUT2D eigenvalue weighted by atomic mass is 10.3. The predicted octanol–water partition coefficient (Wildman–Crippen LogP) is 0.228. The molecule has 0 radical (unpaired) electrons. The average molecular weight is 314 g/mol. The van der Waals surface area contributed by atoms with Gasteiger partial charge in [-0.25, -0.2) is 8.42 Å². The molecule has 1 aromatic heterocycles. The zero-order valence-electron chi connectivity index (χ0n) is 12.2. The molecule has 1 rings (SSSR count). The zero-order chi connectivity index (χ0) is 15.7. The van der Waals surface area contributed by atoms with Crippen molar-refractivity contribution in [3.63, 3.8) is 0 Å².